The molecule has 4 aromatic rings. The lowest BCUT2D eigenvalue weighted by Gasteiger charge is -2.11. The molecule has 2 aromatic carbocycles. The number of aromatic nitrogens is 4. The Bertz CT molecular complexity index is 1190. The van der Waals surface area contributed by atoms with E-state index in [0.717, 1.165) is 16.9 Å². The number of amides is 1. The lowest BCUT2D eigenvalue weighted by molar-refractivity contribution is -0.115. The van der Waals surface area contributed by atoms with Gasteiger partial charge in [-0.15, -0.1) is 10.2 Å². The Kier molecular flexibility index (Phi) is 6.86. The van der Waals surface area contributed by atoms with E-state index in [1.807, 2.05) is 53.1 Å². The van der Waals surface area contributed by atoms with Crippen LogP contribution in [0.25, 0.3) is 17.1 Å². The van der Waals surface area contributed by atoms with Crippen molar-refractivity contribution in [2.45, 2.75) is 11.6 Å². The fraction of sp³-hybridized carbons (Fsp3) is 0.0909. The molecule has 0 saturated heterocycles. The fourth-order valence-electron chi connectivity index (χ4n) is 2.88. The van der Waals surface area contributed by atoms with Gasteiger partial charge in [0.1, 0.15) is 0 Å². The lowest BCUT2D eigenvalue weighted by Crippen LogP contribution is -2.12. The van der Waals surface area contributed by atoms with Crippen LogP contribution in [0.1, 0.15) is 6.42 Å². The van der Waals surface area contributed by atoms with E-state index in [-0.39, 0.29) is 5.91 Å². The monoisotopic (exact) mass is 469 g/mol. The van der Waals surface area contributed by atoms with Gasteiger partial charge in [-0.25, -0.2) is 0 Å². The highest BCUT2D eigenvalue weighted by Crippen LogP contribution is 2.31. The van der Waals surface area contributed by atoms with Crippen molar-refractivity contribution in [3.63, 3.8) is 0 Å². The van der Waals surface area contributed by atoms with Crippen molar-refractivity contribution in [2.75, 3.05) is 11.1 Å². The van der Waals surface area contributed by atoms with Gasteiger partial charge in [0.25, 0.3) is 0 Å². The number of para-hydroxylation sites is 1. The number of halogens is 2. The van der Waals surface area contributed by atoms with Crippen molar-refractivity contribution in [1.29, 1.82) is 0 Å². The van der Waals surface area contributed by atoms with E-state index in [2.05, 4.69) is 20.5 Å². The Labute approximate surface area is 193 Å². The minimum Gasteiger partial charge on any atom is -0.326 e. The fourth-order valence-corrected chi connectivity index (χ4v) is 4.06. The molecule has 9 heteroatoms. The third-order valence-corrected chi connectivity index (χ3v) is 6.00. The van der Waals surface area contributed by atoms with Crippen LogP contribution in [-0.2, 0) is 4.79 Å². The van der Waals surface area contributed by atoms with Gasteiger partial charge in [-0.3, -0.25) is 14.3 Å². The van der Waals surface area contributed by atoms with Gasteiger partial charge in [0.05, 0.1) is 15.7 Å². The molecule has 1 N–H and O–H groups in total. The van der Waals surface area contributed by atoms with Crippen molar-refractivity contribution < 1.29 is 4.79 Å². The summed E-state index contributed by atoms with van der Waals surface area (Å²) in [5, 5.41) is 13.1. The molecule has 0 unspecified atom stereocenters. The van der Waals surface area contributed by atoms with Crippen LogP contribution in [0.2, 0.25) is 10.0 Å². The number of carbonyl (C=O) groups is 1. The van der Waals surface area contributed by atoms with Gasteiger partial charge in [-0.1, -0.05) is 53.2 Å². The smallest absolute Gasteiger partial charge is 0.225 e. The molecule has 0 fully saturated rings. The number of anilines is 1. The lowest BCUT2D eigenvalue weighted by atomic mass is 10.2. The van der Waals surface area contributed by atoms with Gasteiger partial charge in [0.2, 0.25) is 5.91 Å². The number of carbonyl (C=O) groups excluding carboxylic acids is 1. The highest BCUT2D eigenvalue weighted by Gasteiger charge is 2.17. The third kappa shape index (κ3) is 5.25. The molecule has 0 aliphatic carbocycles. The maximum absolute atomic E-state index is 12.3. The Morgan fingerprint density at radius 2 is 1.84 bits per heavy atom. The van der Waals surface area contributed by atoms with E-state index in [1.54, 1.807) is 24.5 Å². The second-order valence-corrected chi connectivity index (χ2v) is 8.37. The summed E-state index contributed by atoms with van der Waals surface area (Å²) in [5.74, 6) is 1.10. The summed E-state index contributed by atoms with van der Waals surface area (Å²) in [5.41, 5.74) is 2.36. The van der Waals surface area contributed by atoms with E-state index < -0.39 is 0 Å². The molecule has 2 heterocycles. The molecule has 156 valence electrons. The number of thioether (sulfide) groups is 1. The van der Waals surface area contributed by atoms with Gasteiger partial charge in [0.15, 0.2) is 11.0 Å². The van der Waals surface area contributed by atoms with Gasteiger partial charge in [-0.05, 0) is 42.5 Å². The molecule has 0 radical (unpaired) electrons. The molecule has 6 nitrogen and oxygen atoms in total. The number of nitrogens with one attached hydrogen (secondary N) is 1. The van der Waals surface area contributed by atoms with Crippen LogP contribution < -0.4 is 5.32 Å². The van der Waals surface area contributed by atoms with Gasteiger partial charge in [-0.2, -0.15) is 0 Å². The van der Waals surface area contributed by atoms with E-state index in [1.165, 1.54) is 11.8 Å². The van der Waals surface area contributed by atoms with Crippen LogP contribution in [0, 0.1) is 0 Å². The normalized spacial score (nSPS) is 10.8. The Balaban J connectivity index is 1.55. The second-order valence-electron chi connectivity index (χ2n) is 6.49. The average Bonchev–Trinajstić information content (AvgIpc) is 3.21. The minimum absolute atomic E-state index is 0.0632. The van der Waals surface area contributed by atoms with Crippen LogP contribution in [-0.4, -0.2) is 31.4 Å². The summed E-state index contributed by atoms with van der Waals surface area (Å²) >= 11 is 13.8. The molecule has 31 heavy (non-hydrogen) atoms. The van der Waals surface area contributed by atoms with Crippen LogP contribution in [0.5, 0.6) is 0 Å². The summed E-state index contributed by atoms with van der Waals surface area (Å²) in [7, 11) is 0. The number of rotatable bonds is 7. The van der Waals surface area contributed by atoms with Crippen molar-refractivity contribution >= 4 is 46.6 Å². The SMILES string of the molecule is O=C(CCSc1nnc(-c2cccnc2)n1-c1ccc(Cl)c(Cl)c1)Nc1ccccc1. The average molecular weight is 470 g/mol. The highest BCUT2D eigenvalue weighted by molar-refractivity contribution is 7.99. The molecule has 0 aliphatic heterocycles. The van der Waals surface area contributed by atoms with Crippen LogP contribution in [0.15, 0.2) is 78.2 Å². The predicted octanol–water partition coefficient (Wildman–Crippen LogP) is 5.76. The van der Waals surface area contributed by atoms with Crippen LogP contribution in [0.4, 0.5) is 5.69 Å². The Morgan fingerprint density at radius 1 is 1.00 bits per heavy atom. The quantitative estimate of drug-likeness (QED) is 0.348. The van der Waals surface area contributed by atoms with Crippen molar-refractivity contribution in [3.05, 3.63) is 83.1 Å². The van der Waals surface area contributed by atoms with Crippen LogP contribution >= 0.6 is 35.0 Å². The Hall–Kier alpha value is -2.87. The molecule has 0 atom stereocenters. The molecular weight excluding hydrogens is 453 g/mol. The summed E-state index contributed by atoms with van der Waals surface area (Å²) < 4.78 is 1.89. The largest absolute Gasteiger partial charge is 0.326 e. The number of hydrogen-bond donors (Lipinski definition) is 1. The van der Waals surface area contributed by atoms with Gasteiger partial charge < -0.3 is 5.32 Å². The Morgan fingerprint density at radius 3 is 2.58 bits per heavy atom. The summed E-state index contributed by atoms with van der Waals surface area (Å²) in [6.45, 7) is 0. The van der Waals surface area contributed by atoms with E-state index >= 15 is 0 Å². The zero-order valence-electron chi connectivity index (χ0n) is 16.2. The highest BCUT2D eigenvalue weighted by atomic mass is 35.5. The van der Waals surface area contributed by atoms with E-state index in [0.29, 0.717) is 33.2 Å². The summed E-state index contributed by atoms with van der Waals surface area (Å²) in [6, 6.07) is 18.5. The first-order valence-corrected chi connectivity index (χ1v) is 11.1. The number of nitrogens with zero attached hydrogens (tertiary/aromatic N) is 4. The maximum atomic E-state index is 12.3. The van der Waals surface area contributed by atoms with Crippen molar-refractivity contribution in [3.8, 4) is 17.1 Å². The number of hydrogen-bond acceptors (Lipinski definition) is 5. The van der Waals surface area contributed by atoms with Gasteiger partial charge in [0, 0.05) is 35.8 Å². The first-order chi connectivity index (χ1) is 15.1. The first-order valence-electron chi connectivity index (χ1n) is 9.41. The number of pyridine rings is 1. The molecule has 0 saturated carbocycles. The zero-order valence-corrected chi connectivity index (χ0v) is 18.5. The van der Waals surface area contributed by atoms with E-state index in [4.69, 9.17) is 23.2 Å². The molecule has 2 aromatic heterocycles. The maximum Gasteiger partial charge on any atom is 0.225 e. The molecule has 0 spiro atoms. The van der Waals surface area contributed by atoms with Crippen molar-refractivity contribution in [2.24, 2.45) is 0 Å². The summed E-state index contributed by atoms with van der Waals surface area (Å²) in [4.78, 5) is 16.4. The molecule has 0 bridgehead atoms. The predicted molar refractivity (Wildman–Crippen MR) is 125 cm³/mol. The van der Waals surface area contributed by atoms with Crippen LogP contribution in [0.3, 0.4) is 0 Å². The third-order valence-electron chi connectivity index (χ3n) is 4.33. The minimum atomic E-state index is -0.0632. The van der Waals surface area contributed by atoms with E-state index in [9.17, 15) is 4.79 Å². The zero-order chi connectivity index (χ0) is 21.6. The first kappa shape index (κ1) is 21.4. The van der Waals surface area contributed by atoms with Crippen molar-refractivity contribution in [1.82, 2.24) is 19.7 Å². The van der Waals surface area contributed by atoms with Gasteiger partial charge >= 0.3 is 0 Å². The molecule has 4 rings (SSSR count). The molecule has 0 aliphatic rings. The number of benzene rings is 2. The second kappa shape index (κ2) is 9.96. The topological polar surface area (TPSA) is 72.7 Å². The molecule has 1 amide bonds. The summed E-state index contributed by atoms with van der Waals surface area (Å²) in [6.07, 6.45) is 3.75. The molecular formula is C22H17Cl2N5OS. The standard InChI is InChI=1S/C22H17Cl2N5OS/c23-18-9-8-17(13-19(18)24)29-21(15-5-4-11-25-14-15)27-28-22(29)31-12-10-20(30)26-16-6-2-1-3-7-16/h1-9,11,13-14H,10,12H2,(H,26,30).